The molecule has 0 radical (unpaired) electrons. The molecule has 0 aliphatic carbocycles. The second-order valence-corrected chi connectivity index (χ2v) is 6.21. The van der Waals surface area contributed by atoms with Crippen LogP contribution in [-0.4, -0.2) is 48.0 Å². The number of benzene rings is 1. The van der Waals surface area contributed by atoms with Gasteiger partial charge in [-0.1, -0.05) is 0 Å². The number of carbonyl (C=O) groups is 3. The van der Waals surface area contributed by atoms with Gasteiger partial charge < -0.3 is 15.0 Å². The molecule has 2 aliphatic rings. The monoisotopic (exact) mass is 349 g/mol. The molecule has 2 saturated heterocycles. The number of amides is 4. The molecule has 7 nitrogen and oxygen atoms in total. The molecule has 2 heterocycles. The minimum atomic E-state index is -0.629. The summed E-state index contributed by atoms with van der Waals surface area (Å²) in [4.78, 5) is 36.5. The lowest BCUT2D eigenvalue weighted by atomic mass is 10.1. The summed E-state index contributed by atoms with van der Waals surface area (Å²) in [5.74, 6) is -0.104. The van der Waals surface area contributed by atoms with Gasteiger partial charge in [0.25, 0.3) is 5.91 Å². The summed E-state index contributed by atoms with van der Waals surface area (Å²) in [6, 6.07) is 4.75. The predicted molar refractivity (Wildman–Crippen MR) is 86.3 cm³/mol. The van der Waals surface area contributed by atoms with Crippen LogP contribution in [0.2, 0.25) is 0 Å². The fourth-order valence-corrected chi connectivity index (χ4v) is 3.02. The molecule has 2 fully saturated rings. The van der Waals surface area contributed by atoms with Crippen molar-refractivity contribution in [1.29, 1.82) is 0 Å². The average Bonchev–Trinajstić information content (AvgIpc) is 2.93. The highest BCUT2D eigenvalue weighted by Crippen LogP contribution is 2.20. The Morgan fingerprint density at radius 1 is 1.20 bits per heavy atom. The summed E-state index contributed by atoms with van der Waals surface area (Å²) in [5, 5.41) is 4.63. The first-order valence-electron chi connectivity index (χ1n) is 8.32. The van der Waals surface area contributed by atoms with Crippen LogP contribution in [0, 0.1) is 5.82 Å². The van der Waals surface area contributed by atoms with Crippen LogP contribution >= 0.6 is 0 Å². The molecule has 0 bridgehead atoms. The summed E-state index contributed by atoms with van der Waals surface area (Å²) in [6.45, 7) is 1.15. The number of nitrogens with zero attached hydrogens (tertiary/aromatic N) is 1. The number of imide groups is 1. The van der Waals surface area contributed by atoms with E-state index in [0.29, 0.717) is 38.1 Å². The van der Waals surface area contributed by atoms with Crippen molar-refractivity contribution in [2.75, 3.05) is 13.1 Å². The first-order chi connectivity index (χ1) is 12.0. The molecule has 0 saturated carbocycles. The van der Waals surface area contributed by atoms with Gasteiger partial charge in [-0.05, 0) is 30.7 Å². The van der Waals surface area contributed by atoms with Gasteiger partial charge in [0.1, 0.15) is 23.7 Å². The molecule has 134 valence electrons. The quantitative estimate of drug-likeness (QED) is 0.782. The van der Waals surface area contributed by atoms with Gasteiger partial charge in [-0.25, -0.2) is 9.18 Å². The van der Waals surface area contributed by atoms with Crippen molar-refractivity contribution >= 4 is 17.8 Å². The number of rotatable bonds is 5. The zero-order valence-corrected chi connectivity index (χ0v) is 13.7. The minimum absolute atomic E-state index is 0.00518. The Balaban J connectivity index is 1.41. The SMILES string of the molecule is O=C1NC(=O)[C@H](CCC(=O)N2CCC(Oc3ccc(F)cc3)CC2)N1. The van der Waals surface area contributed by atoms with Crippen molar-refractivity contribution in [1.82, 2.24) is 15.5 Å². The number of hydrogen-bond acceptors (Lipinski definition) is 4. The smallest absolute Gasteiger partial charge is 0.322 e. The molecule has 0 unspecified atom stereocenters. The average molecular weight is 349 g/mol. The van der Waals surface area contributed by atoms with Crippen LogP contribution in [0.1, 0.15) is 25.7 Å². The Labute approximate surface area is 144 Å². The zero-order chi connectivity index (χ0) is 17.8. The largest absolute Gasteiger partial charge is 0.490 e. The predicted octanol–water partition coefficient (Wildman–Crippen LogP) is 1.18. The fourth-order valence-electron chi connectivity index (χ4n) is 3.02. The third-order valence-corrected chi connectivity index (χ3v) is 4.42. The number of piperidine rings is 1. The molecule has 3 rings (SSSR count). The number of carbonyl (C=O) groups excluding carboxylic acids is 3. The summed E-state index contributed by atoms with van der Waals surface area (Å²) < 4.78 is 18.7. The van der Waals surface area contributed by atoms with Gasteiger partial charge in [-0.3, -0.25) is 14.9 Å². The summed E-state index contributed by atoms with van der Waals surface area (Å²) >= 11 is 0. The Kier molecular flexibility index (Phi) is 5.16. The zero-order valence-electron chi connectivity index (χ0n) is 13.7. The van der Waals surface area contributed by atoms with E-state index in [0.717, 1.165) is 0 Å². The van der Waals surface area contributed by atoms with E-state index in [1.807, 2.05) is 0 Å². The third-order valence-electron chi connectivity index (χ3n) is 4.42. The standard InChI is InChI=1S/C17H20FN3O4/c18-11-1-3-12(4-2-11)25-13-7-9-21(10-8-13)15(22)6-5-14-16(23)20-17(24)19-14/h1-4,13-14H,5-10H2,(H2,19,20,23,24)/t14-/m0/s1. The topological polar surface area (TPSA) is 87.7 Å². The maximum absolute atomic E-state index is 12.9. The maximum atomic E-state index is 12.9. The number of hydrogen-bond donors (Lipinski definition) is 2. The van der Waals surface area contributed by atoms with Gasteiger partial charge in [-0.15, -0.1) is 0 Å². The van der Waals surface area contributed by atoms with E-state index in [1.54, 1.807) is 17.0 Å². The number of urea groups is 1. The van der Waals surface area contributed by atoms with Crippen LogP contribution in [0.25, 0.3) is 0 Å². The lowest BCUT2D eigenvalue weighted by Gasteiger charge is -2.32. The van der Waals surface area contributed by atoms with Crippen LogP contribution < -0.4 is 15.4 Å². The molecule has 0 aromatic heterocycles. The Hall–Kier alpha value is -2.64. The Bertz CT molecular complexity index is 656. The van der Waals surface area contributed by atoms with Gasteiger partial charge >= 0.3 is 6.03 Å². The molecule has 2 N–H and O–H groups in total. The van der Waals surface area contributed by atoms with Gasteiger partial charge in [0.2, 0.25) is 5.91 Å². The molecule has 0 spiro atoms. The second kappa shape index (κ2) is 7.50. The highest BCUT2D eigenvalue weighted by molar-refractivity contribution is 6.04. The van der Waals surface area contributed by atoms with E-state index in [1.165, 1.54) is 12.1 Å². The molecule has 1 atom stereocenters. The number of nitrogens with one attached hydrogen (secondary N) is 2. The normalized spacial score (nSPS) is 21.0. The van der Waals surface area contributed by atoms with E-state index < -0.39 is 12.1 Å². The maximum Gasteiger partial charge on any atom is 0.322 e. The summed E-state index contributed by atoms with van der Waals surface area (Å²) in [7, 11) is 0. The van der Waals surface area contributed by atoms with Crippen molar-refractivity contribution in [3.05, 3.63) is 30.1 Å². The summed E-state index contributed by atoms with van der Waals surface area (Å²) in [6.07, 6.45) is 1.90. The van der Waals surface area contributed by atoms with Crippen molar-refractivity contribution < 1.29 is 23.5 Å². The van der Waals surface area contributed by atoms with Crippen LogP contribution in [0.4, 0.5) is 9.18 Å². The van der Waals surface area contributed by atoms with Crippen LogP contribution in [0.5, 0.6) is 5.75 Å². The molecule has 1 aromatic rings. The van der Waals surface area contributed by atoms with Crippen LogP contribution in [0.15, 0.2) is 24.3 Å². The number of likely N-dealkylation sites (tertiary alicyclic amines) is 1. The van der Waals surface area contributed by atoms with Crippen LogP contribution in [-0.2, 0) is 9.59 Å². The van der Waals surface area contributed by atoms with Crippen molar-refractivity contribution in [2.45, 2.75) is 37.8 Å². The van der Waals surface area contributed by atoms with Crippen molar-refractivity contribution in [2.24, 2.45) is 0 Å². The van der Waals surface area contributed by atoms with Gasteiger partial charge in [0.05, 0.1) is 0 Å². The Morgan fingerprint density at radius 2 is 1.88 bits per heavy atom. The highest BCUT2D eigenvalue weighted by atomic mass is 19.1. The van der Waals surface area contributed by atoms with E-state index in [4.69, 9.17) is 4.74 Å². The van der Waals surface area contributed by atoms with Crippen molar-refractivity contribution in [3.63, 3.8) is 0 Å². The van der Waals surface area contributed by atoms with Gasteiger partial charge in [-0.2, -0.15) is 0 Å². The highest BCUT2D eigenvalue weighted by Gasteiger charge is 2.31. The molecule has 1 aromatic carbocycles. The van der Waals surface area contributed by atoms with Crippen LogP contribution in [0.3, 0.4) is 0 Å². The number of halogens is 1. The molecular formula is C17H20FN3O4. The van der Waals surface area contributed by atoms with E-state index in [-0.39, 0.29) is 30.2 Å². The molecule has 4 amide bonds. The Morgan fingerprint density at radius 3 is 2.48 bits per heavy atom. The lowest BCUT2D eigenvalue weighted by molar-refractivity contribution is -0.133. The van der Waals surface area contributed by atoms with E-state index in [2.05, 4.69) is 10.6 Å². The summed E-state index contributed by atoms with van der Waals surface area (Å²) in [5.41, 5.74) is 0. The minimum Gasteiger partial charge on any atom is -0.490 e. The first-order valence-corrected chi connectivity index (χ1v) is 8.32. The molecular weight excluding hydrogens is 329 g/mol. The molecule has 25 heavy (non-hydrogen) atoms. The molecule has 8 heteroatoms. The van der Waals surface area contributed by atoms with Crippen molar-refractivity contribution in [3.8, 4) is 5.75 Å². The van der Waals surface area contributed by atoms with E-state index >= 15 is 0 Å². The first kappa shape index (κ1) is 17.2. The van der Waals surface area contributed by atoms with E-state index in [9.17, 15) is 18.8 Å². The molecule has 2 aliphatic heterocycles. The lowest BCUT2D eigenvalue weighted by Crippen LogP contribution is -2.42. The van der Waals surface area contributed by atoms with Gasteiger partial charge in [0, 0.05) is 32.4 Å². The fraction of sp³-hybridized carbons (Fsp3) is 0.471. The number of ether oxygens (including phenoxy) is 1. The third kappa shape index (κ3) is 4.46. The second-order valence-electron chi connectivity index (χ2n) is 6.21. The van der Waals surface area contributed by atoms with Gasteiger partial charge in [0.15, 0.2) is 0 Å².